The Morgan fingerprint density at radius 2 is 0.571 bits per heavy atom. The zero-order chi connectivity index (χ0) is 30.9. The molecule has 0 bridgehead atoms. The summed E-state index contributed by atoms with van der Waals surface area (Å²) in [7, 11) is 0. The largest absolute Gasteiger partial charge is 0.466 e. The van der Waals surface area contributed by atoms with E-state index in [1.165, 1.54) is 141 Å². The van der Waals surface area contributed by atoms with E-state index in [1.54, 1.807) is 0 Å². The average Bonchev–Trinajstić information content (AvgIpc) is 2.98. The van der Waals surface area contributed by atoms with Crippen molar-refractivity contribution < 1.29 is 19.1 Å². The van der Waals surface area contributed by atoms with Crippen molar-refractivity contribution in [3.8, 4) is 0 Å². The summed E-state index contributed by atoms with van der Waals surface area (Å²) in [5.41, 5.74) is 0. The maximum Gasteiger partial charge on any atom is 0.309 e. The molecule has 0 aromatic rings. The van der Waals surface area contributed by atoms with Crippen molar-refractivity contribution in [2.45, 2.75) is 207 Å². The van der Waals surface area contributed by atoms with Gasteiger partial charge in [0, 0.05) is 0 Å². The molecule has 0 saturated heterocycles. The highest BCUT2D eigenvalue weighted by Gasteiger charge is 2.35. The van der Waals surface area contributed by atoms with Crippen LogP contribution < -0.4 is 0 Å². The monoisotopic (exact) mass is 595 g/mol. The Morgan fingerprint density at radius 3 is 0.786 bits per heavy atom. The van der Waals surface area contributed by atoms with Gasteiger partial charge in [-0.15, -0.1) is 0 Å². The molecule has 250 valence electrons. The molecular weight excluding hydrogens is 520 g/mol. The molecular formula is C38H74O4. The Labute approximate surface area is 263 Å². The SMILES string of the molecule is CCCCCCCCCCCCCCCCC(C(=O)OCC)C(CCCCCCCCCCCCCC)C(=O)OCC. The molecule has 0 rings (SSSR count). The summed E-state index contributed by atoms with van der Waals surface area (Å²) in [6.45, 7) is 8.98. The summed E-state index contributed by atoms with van der Waals surface area (Å²) < 4.78 is 10.9. The fourth-order valence-electron chi connectivity index (χ4n) is 6.23. The lowest BCUT2D eigenvalue weighted by molar-refractivity contribution is -0.161. The van der Waals surface area contributed by atoms with Crippen molar-refractivity contribution in [2.75, 3.05) is 13.2 Å². The van der Waals surface area contributed by atoms with Crippen LogP contribution in [0.2, 0.25) is 0 Å². The molecule has 0 saturated carbocycles. The molecule has 4 nitrogen and oxygen atoms in total. The Morgan fingerprint density at radius 1 is 0.357 bits per heavy atom. The molecule has 0 aliphatic heterocycles. The number of hydrogen-bond donors (Lipinski definition) is 0. The van der Waals surface area contributed by atoms with Crippen LogP contribution >= 0.6 is 0 Å². The molecule has 0 heterocycles. The second-order valence-electron chi connectivity index (χ2n) is 12.8. The Bertz CT molecular complexity index is 575. The van der Waals surface area contributed by atoms with Gasteiger partial charge >= 0.3 is 11.9 Å². The van der Waals surface area contributed by atoms with Crippen LogP contribution in [0.3, 0.4) is 0 Å². The van der Waals surface area contributed by atoms with E-state index in [9.17, 15) is 9.59 Å². The zero-order valence-corrected chi connectivity index (χ0v) is 29.0. The highest BCUT2D eigenvalue weighted by atomic mass is 16.5. The van der Waals surface area contributed by atoms with Crippen LogP contribution in [0.5, 0.6) is 0 Å². The standard InChI is InChI=1S/C38H74O4/c1-5-9-11-13-15-17-19-21-22-24-26-28-30-32-34-36(38(40)42-8-4)35(37(39)41-7-3)33-31-29-27-25-23-20-18-16-14-12-10-6-2/h35-36H,5-34H2,1-4H3. The van der Waals surface area contributed by atoms with E-state index in [2.05, 4.69) is 13.8 Å². The highest BCUT2D eigenvalue weighted by molar-refractivity contribution is 5.82. The van der Waals surface area contributed by atoms with Gasteiger partial charge in [-0.05, 0) is 26.7 Å². The number of hydrogen-bond acceptors (Lipinski definition) is 4. The van der Waals surface area contributed by atoms with Crippen molar-refractivity contribution in [2.24, 2.45) is 11.8 Å². The molecule has 0 N–H and O–H groups in total. The van der Waals surface area contributed by atoms with Gasteiger partial charge in [0.1, 0.15) is 0 Å². The molecule has 0 radical (unpaired) electrons. The number of ether oxygens (including phenoxy) is 2. The van der Waals surface area contributed by atoms with Gasteiger partial charge in [0.25, 0.3) is 0 Å². The minimum atomic E-state index is -0.367. The maximum atomic E-state index is 12.9. The summed E-state index contributed by atoms with van der Waals surface area (Å²) in [6, 6.07) is 0. The molecule has 2 unspecified atom stereocenters. The lowest BCUT2D eigenvalue weighted by Crippen LogP contribution is -2.33. The van der Waals surface area contributed by atoms with Crippen molar-refractivity contribution >= 4 is 11.9 Å². The van der Waals surface area contributed by atoms with Gasteiger partial charge in [0.05, 0.1) is 25.0 Å². The number of carbonyl (C=O) groups is 2. The minimum absolute atomic E-state index is 0.204. The summed E-state index contributed by atoms with van der Waals surface area (Å²) in [4.78, 5) is 25.9. The van der Waals surface area contributed by atoms with E-state index in [1.807, 2.05) is 13.8 Å². The predicted molar refractivity (Wildman–Crippen MR) is 181 cm³/mol. The summed E-state index contributed by atoms with van der Waals surface area (Å²) in [5, 5.41) is 0. The first-order valence-electron chi connectivity index (χ1n) is 18.9. The first kappa shape index (κ1) is 40.9. The van der Waals surface area contributed by atoms with Crippen LogP contribution in [0.25, 0.3) is 0 Å². The van der Waals surface area contributed by atoms with E-state index < -0.39 is 0 Å². The van der Waals surface area contributed by atoms with Crippen LogP contribution in [0, 0.1) is 11.8 Å². The molecule has 0 fully saturated rings. The number of carbonyl (C=O) groups excluding carboxylic acids is 2. The number of esters is 2. The first-order chi connectivity index (χ1) is 20.6. The zero-order valence-electron chi connectivity index (χ0n) is 29.0. The lowest BCUT2D eigenvalue weighted by Gasteiger charge is -2.24. The lowest BCUT2D eigenvalue weighted by atomic mass is 9.83. The summed E-state index contributed by atoms with van der Waals surface area (Å²) in [5.74, 6) is -1.14. The normalized spacial score (nSPS) is 12.8. The number of unbranched alkanes of at least 4 members (excludes halogenated alkanes) is 24. The first-order valence-corrected chi connectivity index (χ1v) is 18.9. The topological polar surface area (TPSA) is 52.6 Å². The Balaban J connectivity index is 4.30. The quantitative estimate of drug-likeness (QED) is 0.0560. The van der Waals surface area contributed by atoms with E-state index in [4.69, 9.17) is 9.47 Å². The van der Waals surface area contributed by atoms with Crippen LogP contribution in [0.15, 0.2) is 0 Å². The summed E-state index contributed by atoms with van der Waals surface area (Å²) in [6.07, 6.45) is 35.4. The molecule has 42 heavy (non-hydrogen) atoms. The highest BCUT2D eigenvalue weighted by Crippen LogP contribution is 2.28. The van der Waals surface area contributed by atoms with Gasteiger partial charge in [0.2, 0.25) is 0 Å². The third-order valence-corrected chi connectivity index (χ3v) is 8.90. The van der Waals surface area contributed by atoms with Gasteiger partial charge in [-0.3, -0.25) is 9.59 Å². The molecule has 0 amide bonds. The minimum Gasteiger partial charge on any atom is -0.466 e. The van der Waals surface area contributed by atoms with E-state index in [0.717, 1.165) is 38.5 Å². The Hall–Kier alpha value is -1.06. The van der Waals surface area contributed by atoms with E-state index in [-0.39, 0.29) is 23.8 Å². The van der Waals surface area contributed by atoms with E-state index in [0.29, 0.717) is 13.2 Å². The van der Waals surface area contributed by atoms with Crippen LogP contribution in [0.1, 0.15) is 207 Å². The second-order valence-corrected chi connectivity index (χ2v) is 12.8. The molecule has 0 aromatic carbocycles. The average molecular weight is 595 g/mol. The molecule has 4 heteroatoms. The van der Waals surface area contributed by atoms with Crippen LogP contribution in [-0.2, 0) is 19.1 Å². The smallest absolute Gasteiger partial charge is 0.309 e. The third kappa shape index (κ3) is 25.4. The third-order valence-electron chi connectivity index (χ3n) is 8.90. The van der Waals surface area contributed by atoms with Gasteiger partial charge in [-0.25, -0.2) is 0 Å². The Kier molecular flexibility index (Phi) is 32.0. The molecule has 2 atom stereocenters. The van der Waals surface area contributed by atoms with Crippen LogP contribution in [-0.4, -0.2) is 25.2 Å². The van der Waals surface area contributed by atoms with Crippen molar-refractivity contribution in [3.63, 3.8) is 0 Å². The molecule has 0 aromatic heterocycles. The summed E-state index contributed by atoms with van der Waals surface area (Å²) >= 11 is 0. The molecule has 0 spiro atoms. The van der Waals surface area contributed by atoms with Crippen molar-refractivity contribution in [1.29, 1.82) is 0 Å². The van der Waals surface area contributed by atoms with Gasteiger partial charge < -0.3 is 9.47 Å². The predicted octanol–water partition coefficient (Wildman–Crippen LogP) is 12.3. The van der Waals surface area contributed by atoms with Gasteiger partial charge in [-0.2, -0.15) is 0 Å². The van der Waals surface area contributed by atoms with Gasteiger partial charge in [-0.1, -0.05) is 181 Å². The second kappa shape index (κ2) is 32.8. The molecule has 0 aliphatic rings. The van der Waals surface area contributed by atoms with Crippen LogP contribution in [0.4, 0.5) is 0 Å². The van der Waals surface area contributed by atoms with E-state index >= 15 is 0 Å². The number of rotatable bonds is 33. The van der Waals surface area contributed by atoms with Gasteiger partial charge in [0.15, 0.2) is 0 Å². The fraction of sp³-hybridized carbons (Fsp3) is 0.947. The fourth-order valence-corrected chi connectivity index (χ4v) is 6.23. The molecule has 0 aliphatic carbocycles. The van der Waals surface area contributed by atoms with Crippen molar-refractivity contribution in [3.05, 3.63) is 0 Å². The van der Waals surface area contributed by atoms with Crippen molar-refractivity contribution in [1.82, 2.24) is 0 Å². The maximum absolute atomic E-state index is 12.9.